The summed E-state index contributed by atoms with van der Waals surface area (Å²) in [5, 5.41) is 17.6. The molecule has 0 aliphatic rings. The second-order valence-corrected chi connectivity index (χ2v) is 4.91. The summed E-state index contributed by atoms with van der Waals surface area (Å²) in [6.07, 6.45) is 3.17. The Balaban J connectivity index is 1.94. The van der Waals surface area contributed by atoms with E-state index in [2.05, 4.69) is 10.4 Å². The number of hydrogen-bond donors (Lipinski definition) is 2. The average Bonchev–Trinajstić information content (AvgIpc) is 2.84. The molecule has 0 amide bonds. The first-order valence-electron chi connectivity index (χ1n) is 6.61. The van der Waals surface area contributed by atoms with Crippen LogP contribution in [0.3, 0.4) is 0 Å². The molecule has 0 fully saturated rings. The molecular formula is C15H21N3O2. The lowest BCUT2D eigenvalue weighted by Gasteiger charge is -2.16. The average molecular weight is 275 g/mol. The van der Waals surface area contributed by atoms with Crippen LogP contribution in [0, 0.1) is 6.92 Å². The van der Waals surface area contributed by atoms with Crippen LogP contribution < -0.4 is 10.1 Å². The Kier molecular flexibility index (Phi) is 4.76. The van der Waals surface area contributed by atoms with Gasteiger partial charge in [-0.15, -0.1) is 0 Å². The topological polar surface area (TPSA) is 59.3 Å². The van der Waals surface area contributed by atoms with Crippen molar-refractivity contribution in [3.63, 3.8) is 0 Å². The molecule has 1 unspecified atom stereocenters. The van der Waals surface area contributed by atoms with Crippen molar-refractivity contribution in [2.24, 2.45) is 7.05 Å². The molecule has 0 saturated heterocycles. The predicted molar refractivity (Wildman–Crippen MR) is 77.6 cm³/mol. The van der Waals surface area contributed by atoms with Gasteiger partial charge in [0, 0.05) is 37.5 Å². The van der Waals surface area contributed by atoms with Gasteiger partial charge in [-0.05, 0) is 19.1 Å². The van der Waals surface area contributed by atoms with Gasteiger partial charge in [0.15, 0.2) is 0 Å². The van der Waals surface area contributed by atoms with Crippen molar-refractivity contribution < 1.29 is 9.84 Å². The second-order valence-electron chi connectivity index (χ2n) is 4.91. The number of ether oxygens (including phenoxy) is 1. The molecule has 0 aliphatic carbocycles. The third-order valence-corrected chi connectivity index (χ3v) is 3.17. The Morgan fingerprint density at radius 3 is 2.90 bits per heavy atom. The highest BCUT2D eigenvalue weighted by Crippen LogP contribution is 2.25. The Hall–Kier alpha value is -1.85. The van der Waals surface area contributed by atoms with Crippen LogP contribution in [0.15, 0.2) is 30.6 Å². The summed E-state index contributed by atoms with van der Waals surface area (Å²) in [7, 11) is 3.50. The summed E-state index contributed by atoms with van der Waals surface area (Å²) in [6.45, 7) is 3.15. The fraction of sp³-hybridized carbons (Fsp3) is 0.400. The molecule has 1 aromatic carbocycles. The van der Waals surface area contributed by atoms with E-state index in [-0.39, 0.29) is 0 Å². The molecule has 0 aliphatic heterocycles. The van der Waals surface area contributed by atoms with Crippen molar-refractivity contribution in [3.8, 4) is 5.75 Å². The Labute approximate surface area is 119 Å². The van der Waals surface area contributed by atoms with E-state index in [1.807, 2.05) is 44.6 Å². The van der Waals surface area contributed by atoms with Gasteiger partial charge in [-0.3, -0.25) is 4.68 Å². The number of aliphatic hydroxyl groups is 1. The number of aryl methyl sites for hydroxylation is 2. The van der Waals surface area contributed by atoms with E-state index in [4.69, 9.17) is 4.74 Å². The van der Waals surface area contributed by atoms with Gasteiger partial charge < -0.3 is 15.2 Å². The highest BCUT2D eigenvalue weighted by atomic mass is 16.5. The maximum Gasteiger partial charge on any atom is 0.124 e. The normalized spacial score (nSPS) is 12.4. The van der Waals surface area contributed by atoms with Crippen molar-refractivity contribution in [1.29, 1.82) is 0 Å². The van der Waals surface area contributed by atoms with Crippen molar-refractivity contribution in [1.82, 2.24) is 15.1 Å². The largest absolute Gasteiger partial charge is 0.496 e. The molecule has 5 heteroatoms. The van der Waals surface area contributed by atoms with Gasteiger partial charge in [-0.1, -0.05) is 11.6 Å². The summed E-state index contributed by atoms with van der Waals surface area (Å²) in [4.78, 5) is 0. The van der Waals surface area contributed by atoms with E-state index < -0.39 is 6.10 Å². The van der Waals surface area contributed by atoms with E-state index in [9.17, 15) is 5.11 Å². The first kappa shape index (κ1) is 14.6. The number of benzene rings is 1. The molecule has 2 aromatic rings. The molecule has 108 valence electrons. The number of hydrogen-bond acceptors (Lipinski definition) is 4. The molecule has 5 nitrogen and oxygen atoms in total. The summed E-state index contributed by atoms with van der Waals surface area (Å²) in [5.74, 6) is 0.714. The van der Waals surface area contributed by atoms with Crippen LogP contribution in [0.5, 0.6) is 5.75 Å². The van der Waals surface area contributed by atoms with E-state index in [1.54, 1.807) is 11.8 Å². The lowest BCUT2D eigenvalue weighted by molar-refractivity contribution is 0.170. The second kappa shape index (κ2) is 6.54. The van der Waals surface area contributed by atoms with Crippen molar-refractivity contribution in [2.45, 2.75) is 19.6 Å². The fourth-order valence-corrected chi connectivity index (χ4v) is 2.14. The monoisotopic (exact) mass is 275 g/mol. The zero-order valence-corrected chi connectivity index (χ0v) is 12.1. The summed E-state index contributed by atoms with van der Waals surface area (Å²) in [5.41, 5.74) is 3.01. The summed E-state index contributed by atoms with van der Waals surface area (Å²) >= 11 is 0. The van der Waals surface area contributed by atoms with Crippen molar-refractivity contribution in [3.05, 3.63) is 47.3 Å². The lowest BCUT2D eigenvalue weighted by atomic mass is 10.1. The molecule has 0 bridgehead atoms. The smallest absolute Gasteiger partial charge is 0.124 e. The maximum atomic E-state index is 10.3. The Morgan fingerprint density at radius 2 is 2.25 bits per heavy atom. The molecule has 0 saturated carbocycles. The van der Waals surface area contributed by atoms with Crippen LogP contribution in [0.25, 0.3) is 0 Å². The highest BCUT2D eigenvalue weighted by Gasteiger charge is 2.13. The third-order valence-electron chi connectivity index (χ3n) is 3.17. The van der Waals surface area contributed by atoms with E-state index in [0.29, 0.717) is 18.8 Å². The minimum Gasteiger partial charge on any atom is -0.496 e. The number of aromatic nitrogens is 2. The SMILES string of the molecule is COc1ccc(C)cc1C(O)CNCc1cnn(C)c1. The van der Waals surface area contributed by atoms with E-state index in [0.717, 1.165) is 16.7 Å². The van der Waals surface area contributed by atoms with Crippen molar-refractivity contribution in [2.75, 3.05) is 13.7 Å². The molecule has 1 heterocycles. The van der Waals surface area contributed by atoms with Crippen molar-refractivity contribution >= 4 is 0 Å². The van der Waals surface area contributed by atoms with Gasteiger partial charge in [0.05, 0.1) is 19.4 Å². The predicted octanol–water partition coefficient (Wildman–Crippen LogP) is 1.56. The zero-order valence-electron chi connectivity index (χ0n) is 12.1. The molecule has 0 spiro atoms. The zero-order chi connectivity index (χ0) is 14.5. The van der Waals surface area contributed by atoms with Crippen LogP contribution >= 0.6 is 0 Å². The Bertz CT molecular complexity index is 566. The standard InChI is InChI=1S/C15H21N3O2/c1-11-4-5-15(20-3)13(6-11)14(19)9-16-7-12-8-17-18(2)10-12/h4-6,8,10,14,16,19H,7,9H2,1-3H3. The first-order valence-corrected chi connectivity index (χ1v) is 6.61. The van der Waals surface area contributed by atoms with Gasteiger partial charge >= 0.3 is 0 Å². The highest BCUT2D eigenvalue weighted by molar-refractivity contribution is 5.38. The van der Waals surface area contributed by atoms with Gasteiger partial charge in [-0.2, -0.15) is 5.10 Å². The molecular weight excluding hydrogens is 254 g/mol. The van der Waals surface area contributed by atoms with Crippen LogP contribution in [0.4, 0.5) is 0 Å². The van der Waals surface area contributed by atoms with Crippen LogP contribution in [-0.4, -0.2) is 28.5 Å². The van der Waals surface area contributed by atoms with Gasteiger partial charge in [0.2, 0.25) is 0 Å². The minimum absolute atomic E-state index is 0.467. The number of nitrogens with zero attached hydrogens (tertiary/aromatic N) is 2. The number of methoxy groups -OCH3 is 1. The van der Waals surface area contributed by atoms with Crippen LogP contribution in [-0.2, 0) is 13.6 Å². The maximum absolute atomic E-state index is 10.3. The minimum atomic E-state index is -0.596. The molecule has 1 atom stereocenters. The molecule has 2 N–H and O–H groups in total. The summed E-state index contributed by atoms with van der Waals surface area (Å²) < 4.78 is 7.05. The number of aliphatic hydroxyl groups excluding tert-OH is 1. The molecule has 2 rings (SSSR count). The number of rotatable bonds is 6. The number of nitrogens with one attached hydrogen (secondary N) is 1. The quantitative estimate of drug-likeness (QED) is 0.840. The lowest BCUT2D eigenvalue weighted by Crippen LogP contribution is -2.21. The Morgan fingerprint density at radius 1 is 1.45 bits per heavy atom. The van der Waals surface area contributed by atoms with Gasteiger partial charge in [0.1, 0.15) is 5.75 Å². The first-order chi connectivity index (χ1) is 9.60. The van der Waals surface area contributed by atoms with Crippen LogP contribution in [0.1, 0.15) is 22.8 Å². The molecule has 1 aromatic heterocycles. The molecule has 20 heavy (non-hydrogen) atoms. The van der Waals surface area contributed by atoms with Gasteiger partial charge in [0.25, 0.3) is 0 Å². The van der Waals surface area contributed by atoms with Crippen LogP contribution in [0.2, 0.25) is 0 Å². The molecule has 0 radical (unpaired) electrons. The van der Waals surface area contributed by atoms with E-state index in [1.165, 1.54) is 0 Å². The third kappa shape index (κ3) is 3.59. The summed E-state index contributed by atoms with van der Waals surface area (Å²) in [6, 6.07) is 5.81. The van der Waals surface area contributed by atoms with E-state index >= 15 is 0 Å². The fourth-order valence-electron chi connectivity index (χ4n) is 2.14. The van der Waals surface area contributed by atoms with Gasteiger partial charge in [-0.25, -0.2) is 0 Å².